The van der Waals surface area contributed by atoms with Crippen LogP contribution in [-0.4, -0.2) is 44.3 Å². The Kier molecular flexibility index (Phi) is 7.06. The molecule has 0 aliphatic carbocycles. The van der Waals surface area contributed by atoms with Crippen LogP contribution in [0.1, 0.15) is 13.8 Å². The van der Waals surface area contributed by atoms with Gasteiger partial charge < -0.3 is 14.4 Å². The second kappa shape index (κ2) is 7.53. The van der Waals surface area contributed by atoms with Crippen LogP contribution >= 0.6 is 0 Å². The number of carbonyl (C=O) groups is 1. The van der Waals surface area contributed by atoms with Crippen LogP contribution < -0.4 is 0 Å². The van der Waals surface area contributed by atoms with Crippen LogP contribution in [0.15, 0.2) is 12.3 Å². The highest BCUT2D eigenvalue weighted by molar-refractivity contribution is 5.92. The number of nitrogens with zero attached hydrogens (tertiary/aromatic N) is 1. The van der Waals surface area contributed by atoms with Crippen LogP contribution in [0, 0.1) is 0 Å². The molecule has 14 heavy (non-hydrogen) atoms. The van der Waals surface area contributed by atoms with Gasteiger partial charge in [0.1, 0.15) is 0 Å². The molecule has 82 valence electrons. The third-order valence-corrected chi connectivity index (χ3v) is 1.41. The average molecular weight is 201 g/mol. The van der Waals surface area contributed by atoms with Gasteiger partial charge in [-0.3, -0.25) is 4.79 Å². The topological polar surface area (TPSA) is 38.8 Å². The molecule has 0 aromatic rings. The lowest BCUT2D eigenvalue weighted by molar-refractivity contribution is -0.162. The van der Waals surface area contributed by atoms with Crippen LogP contribution in [0.4, 0.5) is 0 Å². The molecule has 0 heterocycles. The summed E-state index contributed by atoms with van der Waals surface area (Å²) in [4.78, 5) is 13.2. The van der Waals surface area contributed by atoms with E-state index in [1.165, 1.54) is 6.08 Å². The van der Waals surface area contributed by atoms with Crippen LogP contribution in [0.5, 0.6) is 0 Å². The Morgan fingerprint density at radius 2 is 1.79 bits per heavy atom. The number of hydrogen-bond acceptors (Lipinski definition) is 4. The van der Waals surface area contributed by atoms with Crippen molar-refractivity contribution < 1.29 is 14.3 Å². The van der Waals surface area contributed by atoms with E-state index in [1.54, 1.807) is 11.1 Å². The monoisotopic (exact) mass is 201 g/mol. The smallest absolute Gasteiger partial charge is 0.222 e. The molecule has 0 unspecified atom stereocenters. The van der Waals surface area contributed by atoms with Crippen molar-refractivity contribution in [2.45, 2.75) is 20.1 Å². The van der Waals surface area contributed by atoms with E-state index in [1.807, 2.05) is 27.9 Å². The van der Waals surface area contributed by atoms with Crippen molar-refractivity contribution in [3.8, 4) is 0 Å². The summed E-state index contributed by atoms with van der Waals surface area (Å²) in [7, 11) is 3.69. The van der Waals surface area contributed by atoms with Gasteiger partial charge in [0.2, 0.25) is 12.1 Å². The van der Waals surface area contributed by atoms with Gasteiger partial charge in [-0.1, -0.05) is 0 Å². The highest BCUT2D eigenvalue weighted by Crippen LogP contribution is 1.98. The van der Waals surface area contributed by atoms with E-state index in [-0.39, 0.29) is 5.78 Å². The summed E-state index contributed by atoms with van der Waals surface area (Å²) in [5.41, 5.74) is 0. The predicted octanol–water partition coefficient (Wildman–Crippen LogP) is 1.03. The summed E-state index contributed by atoms with van der Waals surface area (Å²) in [5, 5.41) is 0. The molecule has 0 rings (SSSR count). The molecule has 0 radical (unpaired) electrons. The van der Waals surface area contributed by atoms with Crippen molar-refractivity contribution in [3.05, 3.63) is 12.3 Å². The zero-order valence-electron chi connectivity index (χ0n) is 9.32. The maximum absolute atomic E-state index is 11.5. The summed E-state index contributed by atoms with van der Waals surface area (Å²) < 4.78 is 10.3. The molecule has 0 aliphatic rings. The molecule has 0 bridgehead atoms. The van der Waals surface area contributed by atoms with Gasteiger partial charge in [-0.2, -0.15) is 0 Å². The largest absolute Gasteiger partial charge is 0.383 e. The van der Waals surface area contributed by atoms with Gasteiger partial charge in [0, 0.05) is 39.6 Å². The Hall–Kier alpha value is -0.870. The third-order valence-electron chi connectivity index (χ3n) is 1.41. The van der Waals surface area contributed by atoms with Gasteiger partial charge in [0.25, 0.3) is 0 Å². The zero-order valence-corrected chi connectivity index (χ0v) is 9.32. The molecule has 4 nitrogen and oxygen atoms in total. The number of ether oxygens (including phenoxy) is 2. The Morgan fingerprint density at radius 3 is 2.14 bits per heavy atom. The van der Waals surface area contributed by atoms with Crippen LogP contribution in [0.25, 0.3) is 0 Å². The molecule has 0 atom stereocenters. The van der Waals surface area contributed by atoms with Gasteiger partial charge in [0.15, 0.2) is 0 Å². The number of hydrogen-bond donors (Lipinski definition) is 0. The Labute approximate surface area is 85.5 Å². The van der Waals surface area contributed by atoms with Crippen LogP contribution in [0.3, 0.4) is 0 Å². The summed E-state index contributed by atoms with van der Waals surface area (Å²) in [6, 6.07) is 0. The summed E-state index contributed by atoms with van der Waals surface area (Å²) >= 11 is 0. The zero-order chi connectivity index (χ0) is 11.0. The van der Waals surface area contributed by atoms with Gasteiger partial charge in [0.05, 0.1) is 0 Å². The minimum absolute atomic E-state index is 0.164. The molecule has 0 fully saturated rings. The van der Waals surface area contributed by atoms with Crippen molar-refractivity contribution in [2.75, 3.05) is 27.3 Å². The molecule has 0 aromatic carbocycles. The molecular formula is C10H19NO3. The van der Waals surface area contributed by atoms with Crippen molar-refractivity contribution in [1.29, 1.82) is 0 Å². The second-order valence-electron chi connectivity index (χ2n) is 2.92. The summed E-state index contributed by atoms with van der Waals surface area (Å²) in [6.07, 6.45) is 2.37. The lowest BCUT2D eigenvalue weighted by Crippen LogP contribution is -2.26. The van der Waals surface area contributed by atoms with Crippen LogP contribution in [0.2, 0.25) is 0 Å². The standard InChI is InChI=1S/C10H19NO3/c1-5-13-10(14-6-2)9(12)7-8-11(3)4/h7-8,10H,5-6H2,1-4H3. The van der Waals surface area contributed by atoms with Gasteiger partial charge in [-0.05, 0) is 13.8 Å². The summed E-state index contributed by atoms with van der Waals surface area (Å²) in [5.74, 6) is -0.164. The maximum atomic E-state index is 11.5. The number of carbonyl (C=O) groups excluding carboxylic acids is 1. The van der Waals surface area contributed by atoms with E-state index in [2.05, 4.69) is 0 Å². The van der Waals surface area contributed by atoms with Gasteiger partial charge in [-0.15, -0.1) is 0 Å². The summed E-state index contributed by atoms with van der Waals surface area (Å²) in [6.45, 7) is 4.59. The average Bonchev–Trinajstić information content (AvgIpc) is 2.14. The SMILES string of the molecule is CCOC(OCC)C(=O)C=CN(C)C. The van der Waals surface area contributed by atoms with E-state index in [0.29, 0.717) is 13.2 Å². The minimum Gasteiger partial charge on any atom is -0.383 e. The van der Waals surface area contributed by atoms with Crippen molar-refractivity contribution in [2.24, 2.45) is 0 Å². The molecule has 0 saturated carbocycles. The van der Waals surface area contributed by atoms with Gasteiger partial charge in [-0.25, -0.2) is 0 Å². The Morgan fingerprint density at radius 1 is 1.29 bits per heavy atom. The normalized spacial score (nSPS) is 11.2. The first-order chi connectivity index (χ1) is 6.61. The fourth-order valence-corrected chi connectivity index (χ4v) is 0.816. The predicted molar refractivity (Wildman–Crippen MR) is 54.9 cm³/mol. The fourth-order valence-electron chi connectivity index (χ4n) is 0.816. The second-order valence-corrected chi connectivity index (χ2v) is 2.92. The molecule has 0 amide bonds. The van der Waals surface area contributed by atoms with Crippen molar-refractivity contribution in [1.82, 2.24) is 4.90 Å². The molecule has 4 heteroatoms. The molecule has 0 aliphatic heterocycles. The Balaban J connectivity index is 4.13. The highest BCUT2D eigenvalue weighted by atomic mass is 16.7. The van der Waals surface area contributed by atoms with E-state index in [9.17, 15) is 4.79 Å². The molecule has 0 aromatic heterocycles. The minimum atomic E-state index is -0.763. The quantitative estimate of drug-likeness (QED) is 0.455. The fraction of sp³-hybridized carbons (Fsp3) is 0.700. The van der Waals surface area contributed by atoms with Crippen molar-refractivity contribution >= 4 is 5.78 Å². The van der Waals surface area contributed by atoms with E-state index in [4.69, 9.17) is 9.47 Å². The number of rotatable bonds is 7. The number of ketones is 1. The Bertz CT molecular complexity index is 184. The molecule has 0 N–H and O–H groups in total. The first kappa shape index (κ1) is 13.1. The maximum Gasteiger partial charge on any atom is 0.222 e. The lowest BCUT2D eigenvalue weighted by Gasteiger charge is -2.13. The molecule has 0 saturated heterocycles. The van der Waals surface area contributed by atoms with Crippen molar-refractivity contribution in [3.63, 3.8) is 0 Å². The highest BCUT2D eigenvalue weighted by Gasteiger charge is 2.15. The van der Waals surface area contributed by atoms with E-state index in [0.717, 1.165) is 0 Å². The van der Waals surface area contributed by atoms with Crippen LogP contribution in [-0.2, 0) is 14.3 Å². The first-order valence-electron chi connectivity index (χ1n) is 4.73. The third kappa shape index (κ3) is 5.72. The lowest BCUT2D eigenvalue weighted by atomic mass is 10.3. The van der Waals surface area contributed by atoms with Gasteiger partial charge >= 0.3 is 0 Å². The van der Waals surface area contributed by atoms with E-state index < -0.39 is 6.29 Å². The first-order valence-corrected chi connectivity index (χ1v) is 4.73. The molecular weight excluding hydrogens is 182 g/mol. The molecule has 0 spiro atoms. The van der Waals surface area contributed by atoms with E-state index >= 15 is 0 Å².